The molecule has 70 heavy (non-hydrogen) atoms. The van der Waals surface area contributed by atoms with Crippen LogP contribution in [0.3, 0.4) is 0 Å². The zero-order valence-corrected chi connectivity index (χ0v) is 43.5. The first kappa shape index (κ1) is 52.0. The van der Waals surface area contributed by atoms with Crippen molar-refractivity contribution in [2.75, 3.05) is 0 Å². The van der Waals surface area contributed by atoms with Gasteiger partial charge < -0.3 is 0 Å². The van der Waals surface area contributed by atoms with Gasteiger partial charge in [-0.3, -0.25) is 0 Å². The third kappa shape index (κ3) is 9.10. The summed E-state index contributed by atoms with van der Waals surface area (Å²) in [6, 6.07) is 28.0. The van der Waals surface area contributed by atoms with Crippen molar-refractivity contribution < 1.29 is 68.2 Å². The first-order valence-corrected chi connectivity index (χ1v) is 38.8. The van der Waals surface area contributed by atoms with Crippen LogP contribution in [0.15, 0.2) is 121 Å². The minimum absolute atomic E-state index is 0.0886. The fourth-order valence-corrected chi connectivity index (χ4v) is 40.6. The van der Waals surface area contributed by atoms with Gasteiger partial charge in [0.15, 0.2) is 0 Å². The Labute approximate surface area is 406 Å². The maximum atomic E-state index is 14.5. The minimum atomic E-state index is -6.18. The molecular formula is C54H45Cl2F12SiZr. The third-order valence-electron chi connectivity index (χ3n) is 13.9. The van der Waals surface area contributed by atoms with Crippen molar-refractivity contribution in [1.82, 2.24) is 0 Å². The normalized spacial score (nSPS) is 17.2. The van der Waals surface area contributed by atoms with Gasteiger partial charge in [-0.05, 0) is 0 Å². The molecule has 2 aliphatic carbocycles. The molecule has 0 N–H and O–H groups in total. The second-order valence-electron chi connectivity index (χ2n) is 19.1. The summed E-state index contributed by atoms with van der Waals surface area (Å²) >= 11 is -6.18. The molecule has 0 heterocycles. The molecule has 0 radical (unpaired) electrons. The summed E-state index contributed by atoms with van der Waals surface area (Å²) in [5.41, 5.74) is -1.19. The van der Waals surface area contributed by atoms with Crippen LogP contribution >= 0.6 is 17.0 Å². The summed E-state index contributed by atoms with van der Waals surface area (Å²) < 4.78 is 173. The Morgan fingerprint density at radius 1 is 0.429 bits per heavy atom. The second-order valence-corrected chi connectivity index (χ2v) is 61.6. The summed E-state index contributed by atoms with van der Waals surface area (Å²) in [6.07, 6.45) is -17.0. The first-order chi connectivity index (χ1) is 32.4. The zero-order valence-electron chi connectivity index (χ0n) is 38.4. The molecule has 0 aliphatic heterocycles. The van der Waals surface area contributed by atoms with Crippen molar-refractivity contribution in [2.24, 2.45) is 0 Å². The van der Waals surface area contributed by atoms with E-state index in [0.717, 1.165) is 24.3 Å². The number of alkyl halides is 12. The van der Waals surface area contributed by atoms with E-state index < -0.39 is 87.5 Å². The van der Waals surface area contributed by atoms with Crippen molar-refractivity contribution in [3.05, 3.63) is 188 Å². The number of hydrogen-bond donors (Lipinski definition) is 0. The molecule has 0 aromatic heterocycles. The molecule has 2 atom stereocenters. The van der Waals surface area contributed by atoms with Crippen LogP contribution in [0.1, 0.15) is 114 Å². The Morgan fingerprint density at radius 2 is 0.729 bits per heavy atom. The molecule has 0 bridgehead atoms. The van der Waals surface area contributed by atoms with Crippen LogP contribution in [-0.2, 0) is 40.3 Å². The average molecular weight is 1110 g/mol. The van der Waals surface area contributed by atoms with Gasteiger partial charge in [-0.2, -0.15) is 0 Å². The van der Waals surface area contributed by atoms with Crippen LogP contribution < -0.4 is 0 Å². The quantitative estimate of drug-likeness (QED) is 0.1000. The Bertz CT molecular complexity index is 2810. The molecule has 0 fully saturated rings. The van der Waals surface area contributed by atoms with Gasteiger partial charge in [-0.15, -0.1) is 0 Å². The molecule has 6 aromatic carbocycles. The van der Waals surface area contributed by atoms with E-state index in [4.69, 9.17) is 17.0 Å². The first-order valence-electron chi connectivity index (χ1n) is 22.5. The van der Waals surface area contributed by atoms with Gasteiger partial charge in [0.25, 0.3) is 0 Å². The van der Waals surface area contributed by atoms with E-state index in [9.17, 15) is 52.7 Å². The van der Waals surface area contributed by atoms with E-state index >= 15 is 0 Å². The second kappa shape index (κ2) is 18.0. The molecule has 0 amide bonds. The summed E-state index contributed by atoms with van der Waals surface area (Å²) in [5.74, 6) is -3.37. The zero-order chi connectivity index (χ0) is 51.3. The molecule has 0 saturated heterocycles. The standard InChI is InChI=1S/2C26H19F6.C2H7Si.2ClH.Zr/c2*1-15(2)22-9-8-17-10-18(16-6-4-3-5-7-16)13-23(17)24(22)19-11-20(25(27,28)29)14-21(12-19)26(30,31)32;1-3-2;;;/h2*3-15H,1-2H3;3H,1-2H3;2*1H;/q;;;;;+2/p-2. The Morgan fingerprint density at radius 3 is 0.986 bits per heavy atom. The van der Waals surface area contributed by atoms with Gasteiger partial charge in [0.1, 0.15) is 0 Å². The maximum absolute atomic E-state index is 14.5. The third-order valence-corrected chi connectivity index (χ3v) is 65.4. The van der Waals surface area contributed by atoms with Crippen LogP contribution in [0, 0.1) is 0 Å². The van der Waals surface area contributed by atoms with Crippen LogP contribution in [0.5, 0.6) is 0 Å². The Balaban J connectivity index is 1.50. The molecule has 0 nitrogen and oxygen atoms in total. The van der Waals surface area contributed by atoms with E-state index in [1.54, 1.807) is 101 Å². The molecule has 16 heteroatoms. The number of hydrogen-bond acceptors (Lipinski definition) is 0. The van der Waals surface area contributed by atoms with Crippen molar-refractivity contribution >= 4 is 46.2 Å². The molecule has 2 aliphatic rings. The summed E-state index contributed by atoms with van der Waals surface area (Å²) in [4.78, 5) is 0. The van der Waals surface area contributed by atoms with Crippen LogP contribution in [0.25, 0.3) is 45.6 Å². The van der Waals surface area contributed by atoms with Crippen LogP contribution in [0.4, 0.5) is 52.7 Å². The van der Waals surface area contributed by atoms with Crippen LogP contribution in [0.2, 0.25) is 13.1 Å². The van der Waals surface area contributed by atoms with Crippen molar-refractivity contribution in [2.45, 2.75) is 84.6 Å². The Hall–Kier alpha value is -4.36. The van der Waals surface area contributed by atoms with Gasteiger partial charge in [-0.25, -0.2) is 0 Å². The fraction of sp³-hybridized carbons (Fsp3) is 0.259. The molecule has 2 unspecified atom stereocenters. The topological polar surface area (TPSA) is 0 Å². The van der Waals surface area contributed by atoms with Gasteiger partial charge in [0.05, 0.1) is 0 Å². The summed E-state index contributed by atoms with van der Waals surface area (Å²) in [6.45, 7) is 11.1. The predicted octanol–water partition coefficient (Wildman–Crippen LogP) is 19.2. The SMILES string of the molecule is CC(C)c1ccc2c(c1-c1cc(C(F)(F)F)cc(C(F)(F)F)c1)C=C(c1ccccc1)[CH]2[Zr]([Cl])([Cl])([CH]1C(c2ccccc2)=Cc2c1ccc(C(C)C)c2-c1cc(C(F)(F)F)cc(C(F)(F)F)c1)[SiH](C)C. The van der Waals surface area contributed by atoms with Crippen LogP contribution in [-0.4, -0.2) is 5.92 Å². The van der Waals surface area contributed by atoms with Crippen molar-refractivity contribution in [3.8, 4) is 22.3 Å². The monoisotopic (exact) mass is 1110 g/mol. The number of halogens is 14. The summed E-state index contributed by atoms with van der Waals surface area (Å²) in [5, 5.41) is 0. The number of benzene rings is 6. The van der Waals surface area contributed by atoms with Gasteiger partial charge in [0, 0.05) is 0 Å². The van der Waals surface area contributed by atoms with E-state index in [1.807, 2.05) is 37.4 Å². The molecule has 0 spiro atoms. The van der Waals surface area contributed by atoms with E-state index in [-0.39, 0.29) is 34.4 Å². The van der Waals surface area contributed by atoms with Gasteiger partial charge in [0.2, 0.25) is 0 Å². The van der Waals surface area contributed by atoms with Gasteiger partial charge >= 0.3 is 409 Å². The molecular weight excluding hydrogens is 1070 g/mol. The number of allylic oxidation sites excluding steroid dienone is 2. The van der Waals surface area contributed by atoms with Gasteiger partial charge in [-0.1, -0.05) is 0 Å². The molecule has 367 valence electrons. The molecule has 0 saturated carbocycles. The van der Waals surface area contributed by atoms with E-state index in [2.05, 4.69) is 0 Å². The Kier molecular flexibility index (Phi) is 13.4. The predicted molar refractivity (Wildman–Crippen MR) is 257 cm³/mol. The van der Waals surface area contributed by atoms with E-state index in [0.29, 0.717) is 55.7 Å². The van der Waals surface area contributed by atoms with Crippen molar-refractivity contribution in [1.29, 1.82) is 0 Å². The van der Waals surface area contributed by atoms with Crippen molar-refractivity contribution in [3.63, 3.8) is 0 Å². The molecule has 6 aromatic rings. The number of fused-ring (bicyclic) bond motifs is 2. The van der Waals surface area contributed by atoms with E-state index in [1.165, 1.54) is 0 Å². The average Bonchev–Trinajstić information content (AvgIpc) is 3.89. The fourth-order valence-electron chi connectivity index (χ4n) is 10.5. The summed E-state index contributed by atoms with van der Waals surface area (Å²) in [7, 11) is 17.6. The molecule has 8 rings (SSSR count). The number of rotatable bonds is 9.